The third kappa shape index (κ3) is 2.12. The second-order valence-corrected chi connectivity index (χ2v) is 4.96. The summed E-state index contributed by atoms with van der Waals surface area (Å²) >= 11 is 0. The van der Waals surface area contributed by atoms with E-state index in [-0.39, 0.29) is 11.5 Å². The van der Waals surface area contributed by atoms with Crippen molar-refractivity contribution >= 4 is 13.2 Å². The molecule has 3 heteroatoms. The molecule has 0 aliphatic rings. The molecule has 0 aliphatic heterocycles. The van der Waals surface area contributed by atoms with Crippen LogP contribution in [0.5, 0.6) is 0 Å². The van der Waals surface area contributed by atoms with E-state index in [9.17, 15) is 8.39 Å². The van der Waals surface area contributed by atoms with Crippen molar-refractivity contribution in [3.63, 3.8) is 0 Å². The molecule has 0 heterocycles. The Kier molecular flexibility index (Phi) is 2.93. The fraction of sp³-hybridized carbons (Fsp3) is 0.111. The number of halogens is 2. The molecule has 1 rings (SSSR count). The van der Waals surface area contributed by atoms with E-state index < -0.39 is 7.88 Å². The summed E-state index contributed by atoms with van der Waals surface area (Å²) in [4.78, 5) is 0. The van der Waals surface area contributed by atoms with Crippen molar-refractivity contribution in [1.82, 2.24) is 0 Å². The molecule has 0 spiro atoms. The van der Waals surface area contributed by atoms with E-state index >= 15 is 0 Å². The van der Waals surface area contributed by atoms with Crippen LogP contribution in [0.15, 0.2) is 43.0 Å². The van der Waals surface area contributed by atoms with Gasteiger partial charge in [0.15, 0.2) is 0 Å². The van der Waals surface area contributed by atoms with E-state index in [2.05, 4.69) is 6.58 Å². The molecule has 0 bridgehead atoms. The van der Waals surface area contributed by atoms with Crippen molar-refractivity contribution in [2.45, 2.75) is 0 Å². The van der Waals surface area contributed by atoms with Gasteiger partial charge in [0.1, 0.15) is 0 Å². The second kappa shape index (κ2) is 3.77. The number of hydrogen-bond acceptors (Lipinski definition) is 0. The van der Waals surface area contributed by atoms with Crippen LogP contribution >= 0.6 is 7.88 Å². The molecule has 0 radical (unpaired) electrons. The Bertz CT molecular complexity index is 256. The van der Waals surface area contributed by atoms with Gasteiger partial charge in [-0.3, -0.25) is 0 Å². The fourth-order valence-electron chi connectivity index (χ4n) is 0.981. The van der Waals surface area contributed by atoms with Crippen molar-refractivity contribution in [1.29, 1.82) is 0 Å². The van der Waals surface area contributed by atoms with Crippen LogP contribution in [0, 0.1) is 0 Å². The van der Waals surface area contributed by atoms with E-state index in [4.69, 9.17) is 0 Å². The monoisotopic (exact) mass is 188 g/mol. The molecule has 12 heavy (non-hydrogen) atoms. The van der Waals surface area contributed by atoms with Crippen molar-refractivity contribution in [3.05, 3.63) is 43.0 Å². The third-order valence-corrected chi connectivity index (χ3v) is 3.58. The van der Waals surface area contributed by atoms with Crippen molar-refractivity contribution in [2.24, 2.45) is 0 Å². The van der Waals surface area contributed by atoms with Gasteiger partial charge >= 0.3 is 70.7 Å². The molecule has 0 atom stereocenters. The average Bonchev–Trinajstić information content (AvgIpc) is 2.06. The van der Waals surface area contributed by atoms with Crippen LogP contribution in [-0.2, 0) is 0 Å². The standard InChI is InChI=1S/C9H11F2P/c1-2-8-12(10,11)9-6-4-3-5-7-9/h2-7,12H,1,8H2. The van der Waals surface area contributed by atoms with Crippen molar-refractivity contribution in [2.75, 3.05) is 6.16 Å². The summed E-state index contributed by atoms with van der Waals surface area (Å²) in [6, 6.07) is 7.98. The van der Waals surface area contributed by atoms with Crippen molar-refractivity contribution < 1.29 is 8.39 Å². The van der Waals surface area contributed by atoms with Gasteiger partial charge in [-0.05, 0) is 0 Å². The van der Waals surface area contributed by atoms with Gasteiger partial charge in [-0.15, -0.1) is 0 Å². The first-order valence-electron chi connectivity index (χ1n) is 3.71. The molecule has 0 saturated heterocycles. The van der Waals surface area contributed by atoms with Crippen LogP contribution in [0.4, 0.5) is 8.39 Å². The molecule has 0 amide bonds. The minimum atomic E-state index is -4.20. The first-order valence-corrected chi connectivity index (χ1v) is 5.67. The summed E-state index contributed by atoms with van der Waals surface area (Å²) in [6.07, 6.45) is 1.12. The first-order chi connectivity index (χ1) is 5.67. The Labute approximate surface area is 71.5 Å². The number of benzene rings is 1. The number of hydrogen-bond donors (Lipinski definition) is 0. The molecule has 1 aromatic rings. The van der Waals surface area contributed by atoms with Gasteiger partial charge in [-0.1, -0.05) is 0 Å². The van der Waals surface area contributed by atoms with Gasteiger partial charge in [-0.25, -0.2) is 0 Å². The Balaban J connectivity index is 2.89. The van der Waals surface area contributed by atoms with Gasteiger partial charge in [0.05, 0.1) is 0 Å². The van der Waals surface area contributed by atoms with Crippen LogP contribution < -0.4 is 5.30 Å². The minimum absolute atomic E-state index is 0.170. The van der Waals surface area contributed by atoms with Crippen LogP contribution in [0.1, 0.15) is 0 Å². The van der Waals surface area contributed by atoms with Gasteiger partial charge in [0.25, 0.3) is 0 Å². The first kappa shape index (κ1) is 9.34. The molecule has 0 N–H and O–H groups in total. The third-order valence-electron chi connectivity index (χ3n) is 1.60. The van der Waals surface area contributed by atoms with Crippen LogP contribution in [0.3, 0.4) is 0 Å². The Hall–Kier alpha value is -0.750. The summed E-state index contributed by atoms with van der Waals surface area (Å²) in [7, 11) is -4.20. The summed E-state index contributed by atoms with van der Waals surface area (Å²) in [5.41, 5.74) is 0. The molecular weight excluding hydrogens is 177 g/mol. The molecule has 0 fully saturated rings. The Morgan fingerprint density at radius 3 is 2.33 bits per heavy atom. The number of allylic oxidation sites excluding steroid dienone is 1. The normalized spacial score (nSPS) is 12.5. The van der Waals surface area contributed by atoms with E-state index in [0.29, 0.717) is 0 Å². The zero-order valence-corrected chi connectivity index (χ0v) is 7.63. The molecule has 0 aliphatic carbocycles. The zero-order valence-electron chi connectivity index (χ0n) is 6.63. The van der Waals surface area contributed by atoms with Gasteiger partial charge in [-0.2, -0.15) is 0 Å². The average molecular weight is 188 g/mol. The molecule has 0 saturated carbocycles. The van der Waals surface area contributed by atoms with E-state index in [1.807, 2.05) is 0 Å². The predicted molar refractivity (Wildman–Crippen MR) is 51.7 cm³/mol. The predicted octanol–water partition coefficient (Wildman–Crippen LogP) is 3.02. The SMILES string of the molecule is C=CC[PH](F)(F)c1ccccc1. The molecule has 0 nitrogen and oxygen atoms in total. The quantitative estimate of drug-likeness (QED) is 0.505. The van der Waals surface area contributed by atoms with Crippen LogP contribution in [0.25, 0.3) is 0 Å². The Morgan fingerprint density at radius 2 is 1.83 bits per heavy atom. The molecule has 66 valence electrons. The van der Waals surface area contributed by atoms with E-state index in [1.54, 1.807) is 18.2 Å². The van der Waals surface area contributed by atoms with Crippen molar-refractivity contribution in [3.8, 4) is 0 Å². The zero-order chi connectivity index (χ0) is 9.03. The maximum absolute atomic E-state index is 13.2. The topological polar surface area (TPSA) is 0 Å². The maximum atomic E-state index is 13.2. The molecule has 0 aromatic heterocycles. The van der Waals surface area contributed by atoms with Crippen LogP contribution in [0.2, 0.25) is 0 Å². The Morgan fingerprint density at radius 1 is 1.25 bits per heavy atom. The van der Waals surface area contributed by atoms with Crippen LogP contribution in [-0.4, -0.2) is 6.16 Å². The summed E-state index contributed by atoms with van der Waals surface area (Å²) in [5, 5.41) is 0.185. The molecule has 1 aromatic carbocycles. The van der Waals surface area contributed by atoms with Gasteiger partial charge < -0.3 is 0 Å². The van der Waals surface area contributed by atoms with E-state index in [0.717, 1.165) is 0 Å². The van der Waals surface area contributed by atoms with Gasteiger partial charge in [0.2, 0.25) is 0 Å². The summed E-state index contributed by atoms with van der Waals surface area (Å²) in [6.45, 7) is 3.33. The number of rotatable bonds is 3. The summed E-state index contributed by atoms with van der Waals surface area (Å²) in [5.74, 6) is 0. The van der Waals surface area contributed by atoms with Gasteiger partial charge in [0, 0.05) is 0 Å². The second-order valence-electron chi connectivity index (χ2n) is 2.56. The summed E-state index contributed by atoms with van der Waals surface area (Å²) < 4.78 is 26.4. The molecular formula is C9H11F2P. The molecule has 0 unspecified atom stereocenters. The van der Waals surface area contributed by atoms with E-state index in [1.165, 1.54) is 18.2 Å². The fourth-order valence-corrected chi connectivity index (χ4v) is 2.26.